The van der Waals surface area contributed by atoms with Gasteiger partial charge < -0.3 is 37.5 Å². The lowest BCUT2D eigenvalue weighted by Crippen LogP contribution is -2.59. The van der Waals surface area contributed by atoms with E-state index in [0.717, 1.165) is 6.08 Å². The van der Waals surface area contributed by atoms with E-state index in [0.29, 0.717) is 0 Å². The van der Waals surface area contributed by atoms with Gasteiger partial charge >= 0.3 is 5.97 Å². The molecule has 9 N–H and O–H groups in total. The molecule has 1 aliphatic heterocycles. The highest BCUT2D eigenvalue weighted by atomic mass is 16.5. The van der Waals surface area contributed by atoms with Crippen molar-refractivity contribution >= 4 is 23.7 Å². The van der Waals surface area contributed by atoms with Crippen LogP contribution in [0.3, 0.4) is 0 Å². The molecule has 0 aromatic carbocycles. The molecule has 0 unspecified atom stereocenters. The Kier molecular flexibility index (Phi) is 5.29. The fourth-order valence-electron chi connectivity index (χ4n) is 1.95. The van der Waals surface area contributed by atoms with Crippen molar-refractivity contribution in [1.29, 1.82) is 0 Å². The Hall–Kier alpha value is -2.82. The zero-order valence-electron chi connectivity index (χ0n) is 11.6. The summed E-state index contributed by atoms with van der Waals surface area (Å²) in [6.45, 7) is 1.18. The van der Waals surface area contributed by atoms with Crippen molar-refractivity contribution in [3.63, 3.8) is 0 Å². The van der Waals surface area contributed by atoms with Crippen LogP contribution in [-0.2, 0) is 19.1 Å². The van der Waals surface area contributed by atoms with E-state index >= 15 is 0 Å². The summed E-state index contributed by atoms with van der Waals surface area (Å²) in [5, 5.41) is 21.2. The summed E-state index contributed by atoms with van der Waals surface area (Å²) in [5.41, 5.74) is 15.5. The van der Waals surface area contributed by atoms with Gasteiger partial charge in [-0.25, -0.2) is 9.79 Å². The first-order valence-corrected chi connectivity index (χ1v) is 6.08. The lowest BCUT2D eigenvalue weighted by atomic mass is 9.94. The van der Waals surface area contributed by atoms with E-state index in [1.54, 1.807) is 0 Å². The largest absolute Gasteiger partial charge is 0.478 e. The number of aliphatic hydroxyl groups is 1. The molecule has 0 aromatic rings. The number of hydrogen-bond acceptors (Lipinski definition) is 6. The van der Waals surface area contributed by atoms with Gasteiger partial charge in [0.15, 0.2) is 18.2 Å². The molecule has 0 spiro atoms. The number of carboxylic acids is 1. The number of nitrogens with one attached hydrogen (secondary N) is 1. The molecule has 0 radical (unpaired) electrons. The number of nitrogens with zero attached hydrogens (tertiary/aromatic N) is 1. The van der Waals surface area contributed by atoms with Gasteiger partial charge in [-0.1, -0.05) is 0 Å². The van der Waals surface area contributed by atoms with E-state index in [1.807, 2.05) is 0 Å². The summed E-state index contributed by atoms with van der Waals surface area (Å²) in [4.78, 5) is 37.3. The fraction of sp³-hybridized carbons (Fsp3) is 0.455. The van der Waals surface area contributed by atoms with Crippen LogP contribution in [0.1, 0.15) is 6.92 Å². The van der Waals surface area contributed by atoms with Crippen LogP contribution in [0, 0.1) is 0 Å². The van der Waals surface area contributed by atoms with Gasteiger partial charge in [-0.05, 0) is 6.08 Å². The predicted molar refractivity (Wildman–Crippen MR) is 73.0 cm³/mol. The van der Waals surface area contributed by atoms with Gasteiger partial charge in [0.1, 0.15) is 0 Å². The number of nitrogens with two attached hydrogens (primary N) is 3. The summed E-state index contributed by atoms with van der Waals surface area (Å²) in [6, 6.07) is -2.15. The van der Waals surface area contributed by atoms with E-state index < -0.39 is 47.8 Å². The third kappa shape index (κ3) is 4.09. The molecule has 11 heteroatoms. The Bertz CT molecular complexity index is 541. The van der Waals surface area contributed by atoms with Crippen molar-refractivity contribution in [3.8, 4) is 0 Å². The third-order valence-corrected chi connectivity index (χ3v) is 2.79. The smallest absolute Gasteiger partial charge is 0.370 e. The zero-order chi connectivity index (χ0) is 17.0. The SMILES string of the molecule is CC(=O)N[C@H]1[C@H]([C@H](O)C(N)=O)OC(C(=O)O)=C[C@@H]1N=C(N)N. The number of rotatable bonds is 5. The van der Waals surface area contributed by atoms with E-state index in [4.69, 9.17) is 27.0 Å². The van der Waals surface area contributed by atoms with Gasteiger partial charge in [-0.2, -0.15) is 0 Å². The van der Waals surface area contributed by atoms with Gasteiger partial charge in [0.25, 0.3) is 0 Å². The number of aliphatic carboxylic acids is 1. The number of carbonyl (C=O) groups excluding carboxylic acids is 2. The molecule has 0 bridgehead atoms. The number of guanidine groups is 1. The highest BCUT2D eigenvalue weighted by Gasteiger charge is 2.43. The van der Waals surface area contributed by atoms with Crippen molar-refractivity contribution in [2.75, 3.05) is 0 Å². The molecular weight excluding hydrogens is 298 g/mol. The molecule has 0 saturated heterocycles. The molecule has 0 aliphatic carbocycles. The Labute approximate surface area is 124 Å². The second-order valence-corrected chi connectivity index (χ2v) is 4.54. The van der Waals surface area contributed by atoms with E-state index in [9.17, 15) is 19.5 Å². The minimum Gasteiger partial charge on any atom is -0.478 e. The second-order valence-electron chi connectivity index (χ2n) is 4.54. The Morgan fingerprint density at radius 2 is 1.95 bits per heavy atom. The van der Waals surface area contributed by atoms with E-state index in [2.05, 4.69) is 10.3 Å². The summed E-state index contributed by atoms with van der Waals surface area (Å²) in [6.07, 6.45) is -2.30. The quantitative estimate of drug-likeness (QED) is 0.220. The summed E-state index contributed by atoms with van der Waals surface area (Å²) >= 11 is 0. The van der Waals surface area contributed by atoms with Crippen molar-refractivity contribution in [1.82, 2.24) is 5.32 Å². The molecule has 2 amide bonds. The predicted octanol–water partition coefficient (Wildman–Crippen LogP) is -3.65. The minimum absolute atomic E-state index is 0.379. The van der Waals surface area contributed by atoms with Crippen LogP contribution < -0.4 is 22.5 Å². The van der Waals surface area contributed by atoms with Crippen molar-refractivity contribution in [2.24, 2.45) is 22.2 Å². The van der Waals surface area contributed by atoms with Crippen molar-refractivity contribution in [3.05, 3.63) is 11.8 Å². The fourth-order valence-corrected chi connectivity index (χ4v) is 1.95. The monoisotopic (exact) mass is 315 g/mol. The highest BCUT2D eigenvalue weighted by Crippen LogP contribution is 2.23. The molecule has 122 valence electrons. The number of carboxylic acid groups (broad SMARTS) is 1. The van der Waals surface area contributed by atoms with Gasteiger partial charge in [0.2, 0.25) is 17.6 Å². The van der Waals surface area contributed by atoms with Gasteiger partial charge in [0, 0.05) is 6.92 Å². The summed E-state index contributed by atoms with van der Waals surface area (Å²) in [5.74, 6) is -4.11. The van der Waals surface area contributed by atoms with Gasteiger partial charge in [-0.3, -0.25) is 9.59 Å². The topological polar surface area (TPSA) is 203 Å². The Balaban J connectivity index is 3.30. The average molecular weight is 315 g/mol. The molecule has 0 saturated carbocycles. The first kappa shape index (κ1) is 17.2. The molecule has 0 aromatic heterocycles. The number of aliphatic hydroxyl groups excluding tert-OH is 1. The number of carbonyl (C=O) groups is 3. The minimum atomic E-state index is -1.88. The van der Waals surface area contributed by atoms with E-state index in [1.165, 1.54) is 6.92 Å². The maximum atomic E-state index is 11.3. The van der Waals surface area contributed by atoms with Crippen LogP contribution in [0.2, 0.25) is 0 Å². The maximum absolute atomic E-state index is 11.3. The standard InChI is InChI=1S/C11H17N5O6/c1-3(17)15-6-4(16-11(13)14)2-5(10(20)21)22-8(6)7(18)9(12)19/h2,4,6-8,18H,1H3,(H2,12,19)(H,15,17)(H,20,21)(H4,13,14,16)/t4-,6+,7-,8+/m0/s1. The number of aliphatic imine (C=N–C) groups is 1. The Morgan fingerprint density at radius 3 is 2.36 bits per heavy atom. The Morgan fingerprint density at radius 1 is 1.36 bits per heavy atom. The second kappa shape index (κ2) is 6.76. The first-order chi connectivity index (χ1) is 10.1. The van der Waals surface area contributed by atoms with Crippen LogP contribution in [-0.4, -0.2) is 58.2 Å². The van der Waals surface area contributed by atoms with Gasteiger partial charge in [-0.15, -0.1) is 0 Å². The lowest BCUT2D eigenvalue weighted by Gasteiger charge is -2.36. The molecule has 4 atom stereocenters. The van der Waals surface area contributed by atoms with Crippen molar-refractivity contribution in [2.45, 2.75) is 31.2 Å². The van der Waals surface area contributed by atoms with Crippen LogP contribution in [0.4, 0.5) is 0 Å². The third-order valence-electron chi connectivity index (χ3n) is 2.79. The average Bonchev–Trinajstić information content (AvgIpc) is 2.38. The van der Waals surface area contributed by atoms with E-state index in [-0.39, 0.29) is 5.96 Å². The summed E-state index contributed by atoms with van der Waals surface area (Å²) in [7, 11) is 0. The molecule has 0 fully saturated rings. The normalized spacial score (nSPS) is 25.2. The highest BCUT2D eigenvalue weighted by molar-refractivity contribution is 5.86. The number of ether oxygens (including phenoxy) is 1. The maximum Gasteiger partial charge on any atom is 0.370 e. The van der Waals surface area contributed by atoms with Crippen LogP contribution >= 0.6 is 0 Å². The molecule has 11 nitrogen and oxygen atoms in total. The van der Waals surface area contributed by atoms with Crippen LogP contribution in [0.5, 0.6) is 0 Å². The zero-order valence-corrected chi connectivity index (χ0v) is 11.6. The molecular formula is C11H17N5O6. The molecule has 22 heavy (non-hydrogen) atoms. The molecule has 1 aliphatic rings. The van der Waals surface area contributed by atoms with Crippen molar-refractivity contribution < 1.29 is 29.3 Å². The first-order valence-electron chi connectivity index (χ1n) is 6.08. The number of hydrogen-bond donors (Lipinski definition) is 6. The van der Waals surface area contributed by atoms with Gasteiger partial charge in [0.05, 0.1) is 12.1 Å². The number of amides is 2. The number of primary amides is 1. The lowest BCUT2D eigenvalue weighted by molar-refractivity contribution is -0.146. The molecule has 1 rings (SSSR count). The van der Waals surface area contributed by atoms with Crippen LogP contribution in [0.25, 0.3) is 0 Å². The molecule has 1 heterocycles. The summed E-state index contributed by atoms with van der Waals surface area (Å²) < 4.78 is 5.04. The van der Waals surface area contributed by atoms with Crippen LogP contribution in [0.15, 0.2) is 16.8 Å².